The number of piperidine rings is 1. The number of aliphatic hydroxyl groups is 1. The topological polar surface area (TPSA) is 129 Å². The molecule has 2 aliphatic heterocycles. The van der Waals surface area contributed by atoms with Crippen LogP contribution in [0.2, 0.25) is 0 Å². The molecule has 0 aromatic heterocycles. The number of rotatable bonds is 11. The van der Waals surface area contributed by atoms with Gasteiger partial charge in [-0.1, -0.05) is 12.1 Å². The number of fused-ring (bicyclic) bond motifs is 1. The van der Waals surface area contributed by atoms with Gasteiger partial charge in [0.25, 0.3) is 5.91 Å². The van der Waals surface area contributed by atoms with Gasteiger partial charge in [-0.2, -0.15) is 5.26 Å². The molecular weight excluding hydrogens is 638 g/mol. The molecule has 0 saturated carbocycles. The van der Waals surface area contributed by atoms with E-state index in [0.29, 0.717) is 46.1 Å². The molecular formula is C36H40F2N4O5S. The summed E-state index contributed by atoms with van der Waals surface area (Å²) in [6.45, 7) is 6.76. The Labute approximate surface area is 283 Å². The van der Waals surface area contributed by atoms with Crippen LogP contribution in [-0.2, 0) is 22.7 Å². The summed E-state index contributed by atoms with van der Waals surface area (Å²) in [6, 6.07) is 15.7. The van der Waals surface area contributed by atoms with E-state index in [-0.39, 0.29) is 48.5 Å². The van der Waals surface area contributed by atoms with Crippen molar-refractivity contribution in [2.45, 2.75) is 87.6 Å². The number of anilines is 1. The van der Waals surface area contributed by atoms with E-state index in [1.165, 1.54) is 28.8 Å². The van der Waals surface area contributed by atoms with Gasteiger partial charge in [-0.15, -0.1) is 11.8 Å². The van der Waals surface area contributed by atoms with Crippen molar-refractivity contribution >= 4 is 29.3 Å². The van der Waals surface area contributed by atoms with Crippen molar-refractivity contribution in [3.05, 3.63) is 88.5 Å². The summed E-state index contributed by atoms with van der Waals surface area (Å²) < 4.78 is 41.1. The Kier molecular flexibility index (Phi) is 10.9. The Morgan fingerprint density at radius 2 is 1.88 bits per heavy atom. The van der Waals surface area contributed by atoms with Crippen LogP contribution in [0.3, 0.4) is 0 Å². The fraction of sp³-hybridized carbons (Fsp3) is 0.417. The molecule has 3 aromatic carbocycles. The molecule has 12 heteroatoms. The molecule has 1 saturated heterocycles. The number of nitrogens with two attached hydrogens (primary N) is 1. The first-order valence-corrected chi connectivity index (χ1v) is 16.8. The first-order valence-electron chi connectivity index (χ1n) is 15.9. The molecule has 1 fully saturated rings. The van der Waals surface area contributed by atoms with Crippen LogP contribution in [0.25, 0.3) is 0 Å². The third kappa shape index (κ3) is 8.45. The largest absolute Gasteiger partial charge is 0.489 e. The molecule has 0 spiro atoms. The number of hydrogen-bond acceptors (Lipinski definition) is 9. The predicted octanol–water partition coefficient (Wildman–Crippen LogP) is 5.90. The standard InChI is InChI=1S/C36H40F2N4O5S/c1-36(2,3)47-33(43)12-10-30(34(40)44)42-20-26-25(35(42)45)5-4-6-31(26)46-21-23-8-11-32(28(38)18-23)48-24-13-15-41(16-14-24)29-9-7-22(19-39)17-27(29)37/h4-9,11,17-18,24,30,34,44H,10,12-16,20-21,40H2,1-3H3/t30-,34?/m0/s1. The summed E-state index contributed by atoms with van der Waals surface area (Å²) in [5.74, 6) is -1.08. The van der Waals surface area contributed by atoms with Crippen molar-refractivity contribution in [3.63, 3.8) is 0 Å². The molecule has 3 N–H and O–H groups in total. The van der Waals surface area contributed by atoms with E-state index in [0.717, 1.165) is 12.8 Å². The van der Waals surface area contributed by atoms with Crippen molar-refractivity contribution in [1.29, 1.82) is 5.26 Å². The number of carbonyl (C=O) groups excluding carboxylic acids is 2. The van der Waals surface area contributed by atoms with E-state index in [4.69, 9.17) is 20.5 Å². The Hall–Kier alpha value is -4.18. The van der Waals surface area contributed by atoms with Crippen LogP contribution in [0.5, 0.6) is 5.75 Å². The van der Waals surface area contributed by atoms with Gasteiger partial charge in [0, 0.05) is 40.8 Å². The minimum Gasteiger partial charge on any atom is -0.489 e. The molecule has 1 amide bonds. The number of esters is 1. The van der Waals surface area contributed by atoms with E-state index in [1.807, 2.05) is 17.0 Å². The van der Waals surface area contributed by atoms with Gasteiger partial charge in [-0.3, -0.25) is 9.59 Å². The van der Waals surface area contributed by atoms with Crippen LogP contribution in [0.1, 0.15) is 73.5 Å². The summed E-state index contributed by atoms with van der Waals surface area (Å²) in [7, 11) is 0. The van der Waals surface area contributed by atoms with E-state index in [9.17, 15) is 19.1 Å². The van der Waals surface area contributed by atoms with E-state index < -0.39 is 29.7 Å². The van der Waals surface area contributed by atoms with Gasteiger partial charge in [0.2, 0.25) is 0 Å². The molecule has 9 nitrogen and oxygen atoms in total. The van der Waals surface area contributed by atoms with Crippen molar-refractivity contribution in [3.8, 4) is 11.8 Å². The molecule has 5 rings (SSSR count). The number of aliphatic hydroxyl groups excluding tert-OH is 1. The average Bonchev–Trinajstić information content (AvgIpc) is 3.37. The van der Waals surface area contributed by atoms with Crippen LogP contribution < -0.4 is 15.4 Å². The Morgan fingerprint density at radius 1 is 1.12 bits per heavy atom. The maximum atomic E-state index is 15.2. The van der Waals surface area contributed by atoms with Gasteiger partial charge in [-0.05, 0) is 88.1 Å². The highest BCUT2D eigenvalue weighted by Gasteiger charge is 2.37. The molecule has 0 bridgehead atoms. The first-order chi connectivity index (χ1) is 22.8. The number of halogens is 2. The van der Waals surface area contributed by atoms with E-state index >= 15 is 4.39 Å². The van der Waals surface area contributed by atoms with Crippen LogP contribution in [-0.4, -0.2) is 58.1 Å². The Morgan fingerprint density at radius 3 is 2.52 bits per heavy atom. The van der Waals surface area contributed by atoms with E-state index in [1.54, 1.807) is 57.2 Å². The zero-order valence-corrected chi connectivity index (χ0v) is 28.1. The van der Waals surface area contributed by atoms with Gasteiger partial charge in [-0.25, -0.2) is 8.78 Å². The third-order valence-corrected chi connectivity index (χ3v) is 9.75. The molecule has 0 aliphatic carbocycles. The quantitative estimate of drug-likeness (QED) is 0.188. The second-order valence-electron chi connectivity index (χ2n) is 13.0. The van der Waals surface area contributed by atoms with Crippen LogP contribution in [0.4, 0.5) is 14.5 Å². The third-order valence-electron chi connectivity index (χ3n) is 8.36. The second-order valence-corrected chi connectivity index (χ2v) is 14.4. The highest BCUT2D eigenvalue weighted by Crippen LogP contribution is 2.36. The van der Waals surface area contributed by atoms with E-state index in [2.05, 4.69) is 0 Å². The summed E-state index contributed by atoms with van der Waals surface area (Å²) in [6.07, 6.45) is 0.254. The SMILES string of the molecule is CC(C)(C)OC(=O)CC[C@@H](C(N)O)N1Cc2c(OCc3ccc(SC4CCN(c5ccc(C#N)cc5F)CC4)c(F)c3)cccc2C1=O. The van der Waals surface area contributed by atoms with Gasteiger partial charge in [0.15, 0.2) is 0 Å². The number of thioether (sulfide) groups is 1. The number of nitrogens with zero attached hydrogens (tertiary/aromatic N) is 3. The van der Waals surface area contributed by atoms with Crippen LogP contribution in [0, 0.1) is 23.0 Å². The van der Waals surface area contributed by atoms with Crippen molar-refractivity contribution in [2.75, 3.05) is 18.0 Å². The van der Waals surface area contributed by atoms with Gasteiger partial charge < -0.3 is 30.1 Å². The lowest BCUT2D eigenvalue weighted by atomic mass is 10.1. The fourth-order valence-electron chi connectivity index (χ4n) is 6.02. The Balaban J connectivity index is 1.17. The van der Waals surface area contributed by atoms with Gasteiger partial charge in [0.05, 0.1) is 29.9 Å². The lowest BCUT2D eigenvalue weighted by Crippen LogP contribution is -2.48. The minimum absolute atomic E-state index is 0.0166. The van der Waals surface area contributed by atoms with Gasteiger partial charge in [0.1, 0.15) is 35.8 Å². The molecule has 48 heavy (non-hydrogen) atoms. The van der Waals surface area contributed by atoms with Crippen LogP contribution in [0.15, 0.2) is 59.5 Å². The summed E-state index contributed by atoms with van der Waals surface area (Å²) >= 11 is 1.47. The maximum absolute atomic E-state index is 15.2. The number of nitriles is 1. The summed E-state index contributed by atoms with van der Waals surface area (Å²) in [5.41, 5.74) is 7.62. The molecule has 3 aromatic rings. The zero-order valence-electron chi connectivity index (χ0n) is 27.2. The maximum Gasteiger partial charge on any atom is 0.306 e. The molecule has 1 unspecified atom stereocenters. The minimum atomic E-state index is -1.37. The lowest BCUT2D eigenvalue weighted by molar-refractivity contribution is -0.155. The summed E-state index contributed by atoms with van der Waals surface area (Å²) in [5, 5.41) is 19.5. The molecule has 254 valence electrons. The van der Waals surface area contributed by atoms with Crippen molar-refractivity contribution < 1.29 is 33.0 Å². The normalized spacial score (nSPS) is 16.3. The number of carbonyl (C=O) groups is 2. The number of ether oxygens (including phenoxy) is 2. The average molecular weight is 679 g/mol. The molecule has 2 heterocycles. The highest BCUT2D eigenvalue weighted by molar-refractivity contribution is 8.00. The fourth-order valence-corrected chi connectivity index (χ4v) is 7.14. The zero-order chi connectivity index (χ0) is 34.6. The lowest BCUT2D eigenvalue weighted by Gasteiger charge is -2.33. The number of hydrogen-bond donors (Lipinski definition) is 2. The highest BCUT2D eigenvalue weighted by atomic mass is 32.2. The van der Waals surface area contributed by atoms with Gasteiger partial charge >= 0.3 is 5.97 Å². The predicted molar refractivity (Wildman–Crippen MR) is 178 cm³/mol. The molecule has 2 atom stereocenters. The monoisotopic (exact) mass is 678 g/mol. The number of amides is 1. The van der Waals surface area contributed by atoms with Crippen molar-refractivity contribution in [2.24, 2.45) is 5.73 Å². The second kappa shape index (κ2) is 14.9. The van der Waals surface area contributed by atoms with Crippen LogP contribution >= 0.6 is 11.8 Å². The number of benzene rings is 3. The molecule has 0 radical (unpaired) electrons. The molecule has 2 aliphatic rings. The first kappa shape index (κ1) is 35.1. The summed E-state index contributed by atoms with van der Waals surface area (Å²) in [4.78, 5) is 29.5. The Bertz CT molecular complexity index is 1700. The smallest absolute Gasteiger partial charge is 0.306 e. The van der Waals surface area contributed by atoms with Crippen molar-refractivity contribution in [1.82, 2.24) is 4.90 Å².